The minimum absolute atomic E-state index is 0.0133. The molecule has 0 saturated carbocycles. The molecule has 1 saturated heterocycles. The summed E-state index contributed by atoms with van der Waals surface area (Å²) in [5, 5.41) is 0. The highest BCUT2D eigenvalue weighted by Gasteiger charge is 2.39. The Bertz CT molecular complexity index is 1570. The number of benzene rings is 3. The number of hydrogen-bond donors (Lipinski definition) is 0. The van der Waals surface area contributed by atoms with Gasteiger partial charge in [0.15, 0.2) is 9.84 Å². The van der Waals surface area contributed by atoms with Gasteiger partial charge in [-0.3, -0.25) is 4.98 Å². The van der Waals surface area contributed by atoms with Crippen molar-refractivity contribution in [3.8, 4) is 16.9 Å². The van der Waals surface area contributed by atoms with Gasteiger partial charge in [0.1, 0.15) is 17.2 Å². The van der Waals surface area contributed by atoms with Crippen LogP contribution in [0.5, 0.6) is 5.75 Å². The molecule has 4 aromatic rings. The lowest BCUT2D eigenvalue weighted by atomic mass is 9.82. The zero-order valence-corrected chi connectivity index (χ0v) is 22.5. The van der Waals surface area contributed by atoms with E-state index in [1.807, 2.05) is 30.3 Å². The molecule has 39 heavy (non-hydrogen) atoms. The number of hydrogen-bond acceptors (Lipinski definition) is 5. The molecule has 0 unspecified atom stereocenters. The molecule has 0 radical (unpaired) electrons. The molecule has 6 rings (SSSR count). The summed E-state index contributed by atoms with van der Waals surface area (Å²) in [6.45, 7) is 1.70. The van der Waals surface area contributed by atoms with Crippen molar-refractivity contribution in [1.82, 2.24) is 4.98 Å². The summed E-state index contributed by atoms with van der Waals surface area (Å²) in [5.74, 6) is 0.666. The normalized spacial score (nSPS) is 16.5. The number of aryl methyl sites for hydroxylation is 1. The highest BCUT2D eigenvalue weighted by atomic mass is 32.2. The Kier molecular flexibility index (Phi) is 6.85. The molecule has 0 N–H and O–H groups in total. The van der Waals surface area contributed by atoms with E-state index in [-0.39, 0.29) is 22.9 Å². The molecule has 0 atom stereocenters. The first-order chi connectivity index (χ1) is 18.9. The number of anilines is 1. The van der Waals surface area contributed by atoms with Crippen molar-refractivity contribution >= 4 is 15.5 Å². The molecule has 200 valence electrons. The first-order valence-electron chi connectivity index (χ1n) is 13.4. The Morgan fingerprint density at radius 2 is 1.64 bits per heavy atom. The summed E-state index contributed by atoms with van der Waals surface area (Å²) in [4.78, 5) is 6.38. The summed E-state index contributed by atoms with van der Waals surface area (Å²) in [6, 6.07) is 26.2. The van der Waals surface area contributed by atoms with Crippen molar-refractivity contribution in [1.29, 1.82) is 0 Å². The maximum Gasteiger partial charge on any atom is 0.160 e. The second-order valence-corrected chi connectivity index (χ2v) is 12.7. The van der Waals surface area contributed by atoms with Gasteiger partial charge >= 0.3 is 0 Å². The van der Waals surface area contributed by atoms with E-state index in [0.717, 1.165) is 66.9 Å². The van der Waals surface area contributed by atoms with Crippen LogP contribution in [0.3, 0.4) is 0 Å². The van der Waals surface area contributed by atoms with Gasteiger partial charge in [-0.05, 0) is 77.6 Å². The predicted molar refractivity (Wildman–Crippen MR) is 152 cm³/mol. The number of nitrogens with zero attached hydrogens (tertiary/aromatic N) is 2. The number of sulfone groups is 1. The van der Waals surface area contributed by atoms with E-state index in [1.54, 1.807) is 36.5 Å². The van der Waals surface area contributed by atoms with Crippen LogP contribution in [0.15, 0.2) is 91.1 Å². The Hall–Kier alpha value is -3.71. The first-order valence-corrected chi connectivity index (χ1v) is 15.2. The van der Waals surface area contributed by atoms with Gasteiger partial charge in [-0.15, -0.1) is 0 Å². The van der Waals surface area contributed by atoms with E-state index in [2.05, 4.69) is 28.1 Å². The smallest absolute Gasteiger partial charge is 0.160 e. The molecule has 0 bridgehead atoms. The van der Waals surface area contributed by atoms with E-state index < -0.39 is 9.84 Å². The Morgan fingerprint density at radius 1 is 0.846 bits per heavy atom. The molecule has 2 aliphatic rings. The van der Waals surface area contributed by atoms with Gasteiger partial charge in [0, 0.05) is 37.8 Å². The van der Waals surface area contributed by atoms with Crippen LogP contribution in [0, 0.1) is 5.82 Å². The zero-order chi connectivity index (χ0) is 26.9. The molecule has 5 nitrogen and oxygen atoms in total. The molecule has 1 aromatic heterocycles. The quantitative estimate of drug-likeness (QED) is 0.284. The minimum atomic E-state index is -3.31. The largest absolute Gasteiger partial charge is 0.487 e. The second kappa shape index (κ2) is 10.5. The van der Waals surface area contributed by atoms with Crippen molar-refractivity contribution in [2.24, 2.45) is 0 Å². The summed E-state index contributed by atoms with van der Waals surface area (Å²) < 4.78 is 45.6. The van der Waals surface area contributed by atoms with Crippen LogP contribution >= 0.6 is 0 Å². The molecule has 1 spiro atoms. The van der Waals surface area contributed by atoms with Crippen LogP contribution in [0.25, 0.3) is 11.1 Å². The standard InChI is InChI=1S/C32H31FN2O3S/c33-28-4-3-6-30(21-28)35-18-15-32(16-19-35)14-13-27-20-26(11-12-31(27)38-32)25-9-7-24(8-10-25)22-39(36,37)23-29-5-1-2-17-34-29/h1-12,17,20-21H,13-16,18-19,22-23H2. The fourth-order valence-electron chi connectivity index (χ4n) is 5.71. The van der Waals surface area contributed by atoms with Gasteiger partial charge in [-0.25, -0.2) is 12.8 Å². The van der Waals surface area contributed by atoms with E-state index in [9.17, 15) is 12.8 Å². The van der Waals surface area contributed by atoms with Crippen LogP contribution in [-0.2, 0) is 27.8 Å². The predicted octanol–water partition coefficient (Wildman–Crippen LogP) is 6.37. The highest BCUT2D eigenvalue weighted by molar-refractivity contribution is 7.89. The number of aromatic nitrogens is 1. The average Bonchev–Trinajstić information content (AvgIpc) is 2.94. The number of ether oxygens (including phenoxy) is 1. The number of fused-ring (bicyclic) bond motifs is 1. The Balaban J connectivity index is 1.10. The SMILES string of the molecule is O=S(=O)(Cc1ccc(-c2ccc3c(c2)CCC2(CCN(c4cccc(F)c4)CC2)O3)cc1)Cc1ccccn1. The first kappa shape index (κ1) is 25.6. The van der Waals surface area contributed by atoms with Gasteiger partial charge in [0.2, 0.25) is 0 Å². The Labute approximate surface area is 229 Å². The summed E-state index contributed by atoms with van der Waals surface area (Å²) >= 11 is 0. The maximum atomic E-state index is 13.7. The molecule has 7 heteroatoms. The lowest BCUT2D eigenvalue weighted by Gasteiger charge is -2.45. The average molecular weight is 543 g/mol. The van der Waals surface area contributed by atoms with Crippen LogP contribution in [0.4, 0.5) is 10.1 Å². The minimum Gasteiger partial charge on any atom is -0.487 e. The molecule has 0 aliphatic carbocycles. The van der Waals surface area contributed by atoms with Gasteiger partial charge in [-0.1, -0.05) is 42.5 Å². The van der Waals surface area contributed by atoms with Gasteiger partial charge in [-0.2, -0.15) is 0 Å². The molecule has 3 heterocycles. The third-order valence-electron chi connectivity index (χ3n) is 7.85. The van der Waals surface area contributed by atoms with Crippen molar-refractivity contribution in [3.63, 3.8) is 0 Å². The number of piperidine rings is 1. The number of rotatable bonds is 6. The lowest BCUT2D eigenvalue weighted by molar-refractivity contribution is 0.0226. The third-order valence-corrected chi connectivity index (χ3v) is 9.36. The van der Waals surface area contributed by atoms with E-state index >= 15 is 0 Å². The fourth-order valence-corrected chi connectivity index (χ4v) is 7.13. The monoisotopic (exact) mass is 542 g/mol. The van der Waals surface area contributed by atoms with Crippen LogP contribution in [0.2, 0.25) is 0 Å². The van der Waals surface area contributed by atoms with Crippen LogP contribution < -0.4 is 9.64 Å². The number of halogens is 1. The van der Waals surface area contributed by atoms with Crippen molar-refractivity contribution in [2.75, 3.05) is 18.0 Å². The fraction of sp³-hybridized carbons (Fsp3) is 0.281. The van der Waals surface area contributed by atoms with Crippen molar-refractivity contribution in [2.45, 2.75) is 42.8 Å². The van der Waals surface area contributed by atoms with E-state index in [1.165, 1.54) is 11.6 Å². The zero-order valence-electron chi connectivity index (χ0n) is 21.7. The van der Waals surface area contributed by atoms with Gasteiger partial charge in [0.05, 0.1) is 17.2 Å². The summed E-state index contributed by atoms with van der Waals surface area (Å²) in [6.07, 6.45) is 5.35. The van der Waals surface area contributed by atoms with Crippen molar-refractivity contribution < 1.29 is 17.5 Å². The van der Waals surface area contributed by atoms with Gasteiger partial charge in [0.25, 0.3) is 0 Å². The highest BCUT2D eigenvalue weighted by Crippen LogP contribution is 2.41. The van der Waals surface area contributed by atoms with E-state index in [0.29, 0.717) is 5.69 Å². The maximum absolute atomic E-state index is 13.7. The van der Waals surface area contributed by atoms with Crippen LogP contribution in [-0.4, -0.2) is 32.1 Å². The second-order valence-electron chi connectivity index (χ2n) is 10.6. The molecule has 1 fully saturated rings. The molecule has 2 aliphatic heterocycles. The molecule has 0 amide bonds. The number of pyridine rings is 1. The van der Waals surface area contributed by atoms with E-state index in [4.69, 9.17) is 4.74 Å². The van der Waals surface area contributed by atoms with Crippen molar-refractivity contribution in [3.05, 3.63) is 114 Å². The molecular formula is C32H31FN2O3S. The molecular weight excluding hydrogens is 511 g/mol. The lowest BCUT2D eigenvalue weighted by Crippen LogP contribution is -2.49. The topological polar surface area (TPSA) is 59.5 Å². The van der Waals surface area contributed by atoms with Gasteiger partial charge < -0.3 is 9.64 Å². The molecule has 3 aromatic carbocycles. The summed E-state index contributed by atoms with van der Waals surface area (Å²) in [5.41, 5.74) is 5.44. The van der Waals surface area contributed by atoms with Crippen LogP contribution in [0.1, 0.15) is 36.1 Å². The Morgan fingerprint density at radius 3 is 2.38 bits per heavy atom. The summed E-state index contributed by atoms with van der Waals surface area (Å²) in [7, 11) is -3.31. The third kappa shape index (κ3) is 5.83.